The SMILES string of the molecule is CCCCCC/C=C\C=C/CCCCCCCC(=O)O[C@H](COC(=O)CCCCCCCCCCCCCC(C)C)COP(=O)(O)OC[C@@H](O)COP(=O)(O)OC[C@@H](COC(=O)CCCCCCCCC(C)C)OC(=O)CCCCCCCCCCCCCCCC(C)C. The molecule has 0 spiro atoms. The van der Waals surface area contributed by atoms with Crippen LogP contribution in [0.4, 0.5) is 0 Å². The number of unbranched alkanes of at least 4 members (excludes halogenated alkanes) is 36. The Kier molecular flexibility index (Phi) is 63.5. The molecule has 0 saturated carbocycles. The second kappa shape index (κ2) is 65.2. The van der Waals surface area contributed by atoms with Crippen molar-refractivity contribution in [1.82, 2.24) is 0 Å². The second-order valence-corrected chi connectivity index (χ2v) is 30.7. The van der Waals surface area contributed by atoms with Gasteiger partial charge in [0.2, 0.25) is 0 Å². The first-order valence-corrected chi connectivity index (χ1v) is 41.2. The zero-order valence-corrected chi connectivity index (χ0v) is 62.7. The molecule has 17 nitrogen and oxygen atoms in total. The van der Waals surface area contributed by atoms with Gasteiger partial charge in [-0.25, -0.2) is 9.13 Å². The molecule has 2 unspecified atom stereocenters. The fraction of sp³-hybridized carbons (Fsp3) is 0.893. The molecule has 0 aromatic rings. The van der Waals surface area contributed by atoms with Crippen molar-refractivity contribution in [2.45, 2.75) is 375 Å². The molecule has 0 aliphatic heterocycles. The van der Waals surface area contributed by atoms with E-state index in [1.54, 1.807) is 0 Å². The third-order valence-electron chi connectivity index (χ3n) is 16.8. The molecule has 0 amide bonds. The molecule has 0 aromatic heterocycles. The molecular formula is C75H142O17P2. The van der Waals surface area contributed by atoms with Crippen LogP contribution >= 0.6 is 15.6 Å². The molecule has 19 heteroatoms. The molecule has 0 aromatic carbocycles. The number of phosphoric acid groups is 2. The Morgan fingerprint density at radius 1 is 0.330 bits per heavy atom. The van der Waals surface area contributed by atoms with Gasteiger partial charge in [-0.05, 0) is 69.1 Å². The minimum atomic E-state index is -4.96. The summed E-state index contributed by atoms with van der Waals surface area (Å²) in [6.45, 7) is 11.8. The van der Waals surface area contributed by atoms with Crippen LogP contribution in [0, 0.1) is 17.8 Å². The molecular weight excluding hydrogens is 1230 g/mol. The van der Waals surface area contributed by atoms with Gasteiger partial charge in [-0.3, -0.25) is 37.3 Å². The number of aliphatic hydroxyl groups is 1. The number of phosphoric ester groups is 2. The molecule has 0 bridgehead atoms. The fourth-order valence-electron chi connectivity index (χ4n) is 10.9. The molecule has 94 heavy (non-hydrogen) atoms. The standard InChI is InChI=1S/C75H142O17P2/c1-8-9-10-11-12-13-14-15-16-19-24-30-35-44-51-58-74(79)91-70(62-85-72(77)56-49-42-34-29-26-21-23-28-33-40-47-54-67(4)5)64-89-93(81,82)87-60-69(76)61-88-94(83,84)90-65-71(63-86-73(78)57-50-43-38-37-41-48-55-68(6)7)92-75(80)59-52-45-36-31-25-20-17-18-22-27-32-39-46-53-66(2)3/h13-16,66-71,76H,8-12,17-65H2,1-7H3,(H,81,82)(H,83,84)/b14-13-,16-15-/t69-,70-,71-/m1/s1. The van der Waals surface area contributed by atoms with Gasteiger partial charge in [0.1, 0.15) is 19.3 Å². The molecule has 0 aliphatic rings. The number of hydrogen-bond donors (Lipinski definition) is 3. The summed E-state index contributed by atoms with van der Waals surface area (Å²) in [5.74, 6) is 0.0798. The van der Waals surface area contributed by atoms with Crippen LogP contribution < -0.4 is 0 Å². The normalized spacial score (nSPS) is 14.3. The zero-order chi connectivity index (χ0) is 69.4. The van der Waals surface area contributed by atoms with Crippen molar-refractivity contribution in [3.63, 3.8) is 0 Å². The molecule has 0 radical (unpaired) electrons. The number of carbonyl (C=O) groups is 4. The van der Waals surface area contributed by atoms with E-state index in [0.29, 0.717) is 31.6 Å². The van der Waals surface area contributed by atoms with E-state index in [-0.39, 0.29) is 25.7 Å². The van der Waals surface area contributed by atoms with Crippen LogP contribution in [0.15, 0.2) is 24.3 Å². The predicted octanol–water partition coefficient (Wildman–Crippen LogP) is 21.3. The van der Waals surface area contributed by atoms with Crippen LogP contribution in [0.2, 0.25) is 0 Å². The van der Waals surface area contributed by atoms with Gasteiger partial charge >= 0.3 is 39.5 Å². The highest BCUT2D eigenvalue weighted by atomic mass is 31.2. The van der Waals surface area contributed by atoms with Gasteiger partial charge in [0.15, 0.2) is 12.2 Å². The Hall–Kier alpha value is -2.46. The highest BCUT2D eigenvalue weighted by Crippen LogP contribution is 2.45. The van der Waals surface area contributed by atoms with E-state index in [0.717, 1.165) is 121 Å². The number of rotatable bonds is 71. The second-order valence-electron chi connectivity index (χ2n) is 27.8. The van der Waals surface area contributed by atoms with Gasteiger partial charge in [0.25, 0.3) is 0 Å². The van der Waals surface area contributed by atoms with Crippen molar-refractivity contribution >= 4 is 39.5 Å². The Labute approximate surface area is 573 Å². The number of esters is 4. The van der Waals surface area contributed by atoms with Gasteiger partial charge in [0, 0.05) is 25.7 Å². The summed E-state index contributed by atoms with van der Waals surface area (Å²) in [6.07, 6.45) is 53.6. The molecule has 0 aliphatic carbocycles. The van der Waals surface area contributed by atoms with E-state index >= 15 is 0 Å². The number of aliphatic hydroxyl groups excluding tert-OH is 1. The van der Waals surface area contributed by atoms with Gasteiger partial charge < -0.3 is 33.8 Å². The number of carbonyl (C=O) groups excluding carboxylic acids is 4. The van der Waals surface area contributed by atoms with Crippen LogP contribution in [0.5, 0.6) is 0 Å². The predicted molar refractivity (Wildman–Crippen MR) is 381 cm³/mol. The van der Waals surface area contributed by atoms with E-state index < -0.39 is 97.5 Å². The number of ether oxygens (including phenoxy) is 4. The number of allylic oxidation sites excluding steroid dienone is 4. The third kappa shape index (κ3) is 68.1. The maximum atomic E-state index is 13.1. The van der Waals surface area contributed by atoms with E-state index in [1.807, 2.05) is 0 Å². The Bertz CT molecular complexity index is 1930. The molecule has 554 valence electrons. The summed E-state index contributed by atoms with van der Waals surface area (Å²) in [7, 11) is -9.92. The van der Waals surface area contributed by atoms with Crippen molar-refractivity contribution in [2.24, 2.45) is 17.8 Å². The summed E-state index contributed by atoms with van der Waals surface area (Å²) in [5.41, 5.74) is 0. The largest absolute Gasteiger partial charge is 0.472 e. The van der Waals surface area contributed by atoms with Crippen LogP contribution in [0.25, 0.3) is 0 Å². The average Bonchev–Trinajstić information content (AvgIpc) is 1.29. The maximum absolute atomic E-state index is 13.1. The van der Waals surface area contributed by atoms with Crippen LogP contribution in [-0.2, 0) is 65.4 Å². The van der Waals surface area contributed by atoms with Crippen LogP contribution in [0.3, 0.4) is 0 Å². The molecule has 5 atom stereocenters. The van der Waals surface area contributed by atoms with E-state index in [2.05, 4.69) is 72.8 Å². The lowest BCUT2D eigenvalue weighted by molar-refractivity contribution is -0.161. The van der Waals surface area contributed by atoms with Gasteiger partial charge in [0.05, 0.1) is 26.4 Å². The molecule has 0 rings (SSSR count). The van der Waals surface area contributed by atoms with E-state index in [1.165, 1.54) is 148 Å². The molecule has 3 N–H and O–H groups in total. The number of hydrogen-bond acceptors (Lipinski definition) is 15. The van der Waals surface area contributed by atoms with E-state index in [9.17, 15) is 43.2 Å². The summed E-state index contributed by atoms with van der Waals surface area (Å²) < 4.78 is 68.4. The van der Waals surface area contributed by atoms with Crippen molar-refractivity contribution in [3.8, 4) is 0 Å². The van der Waals surface area contributed by atoms with Crippen molar-refractivity contribution < 1.29 is 80.2 Å². The Balaban J connectivity index is 5.28. The first kappa shape index (κ1) is 91.5. The quantitative estimate of drug-likeness (QED) is 0.0169. The monoisotopic (exact) mass is 1380 g/mol. The lowest BCUT2D eigenvalue weighted by Crippen LogP contribution is -2.30. The van der Waals surface area contributed by atoms with Gasteiger partial charge in [-0.15, -0.1) is 0 Å². The Morgan fingerprint density at radius 3 is 0.862 bits per heavy atom. The summed E-state index contributed by atoms with van der Waals surface area (Å²) in [4.78, 5) is 72.7. The molecule has 0 fully saturated rings. The van der Waals surface area contributed by atoms with Crippen molar-refractivity contribution in [1.29, 1.82) is 0 Å². The highest BCUT2D eigenvalue weighted by Gasteiger charge is 2.30. The minimum absolute atomic E-state index is 0.0845. The first-order valence-electron chi connectivity index (χ1n) is 38.2. The molecule has 0 saturated heterocycles. The highest BCUT2D eigenvalue weighted by molar-refractivity contribution is 7.47. The van der Waals surface area contributed by atoms with Crippen molar-refractivity contribution in [2.75, 3.05) is 39.6 Å². The van der Waals surface area contributed by atoms with Gasteiger partial charge in [-0.1, -0.05) is 304 Å². The smallest absolute Gasteiger partial charge is 0.462 e. The lowest BCUT2D eigenvalue weighted by atomic mass is 10.0. The first-order chi connectivity index (χ1) is 45.2. The van der Waals surface area contributed by atoms with Gasteiger partial charge in [-0.2, -0.15) is 0 Å². The summed E-state index contributed by atoms with van der Waals surface area (Å²) in [6, 6.07) is 0. The zero-order valence-electron chi connectivity index (χ0n) is 60.9. The topological polar surface area (TPSA) is 237 Å². The summed E-state index contributed by atoms with van der Waals surface area (Å²) in [5, 5.41) is 10.6. The third-order valence-corrected chi connectivity index (χ3v) is 18.7. The Morgan fingerprint density at radius 2 is 0.574 bits per heavy atom. The fourth-order valence-corrected chi connectivity index (χ4v) is 12.5. The van der Waals surface area contributed by atoms with Crippen LogP contribution in [-0.4, -0.2) is 96.7 Å². The van der Waals surface area contributed by atoms with Crippen LogP contribution in [0.1, 0.15) is 357 Å². The van der Waals surface area contributed by atoms with E-state index in [4.69, 9.17) is 37.0 Å². The average molecular weight is 1380 g/mol. The van der Waals surface area contributed by atoms with Crippen molar-refractivity contribution in [3.05, 3.63) is 24.3 Å². The summed E-state index contributed by atoms with van der Waals surface area (Å²) >= 11 is 0. The minimum Gasteiger partial charge on any atom is -0.462 e. The lowest BCUT2D eigenvalue weighted by Gasteiger charge is -2.21. The maximum Gasteiger partial charge on any atom is 0.472 e. The molecule has 0 heterocycles.